The SMILES string of the molecule is C[C@@]1(O)CC[C@@]2(C)[C@H](CC[C@@H]3[C@@H]2CC[C@]2(C)[C@@H](C(=O)Cn4cnnn4)CC[C@@H]32)C1. The molecule has 1 heterocycles. The zero-order valence-electron chi connectivity index (χ0n) is 18.2. The van der Waals surface area contributed by atoms with Crippen molar-refractivity contribution in [2.45, 2.75) is 90.7 Å². The van der Waals surface area contributed by atoms with E-state index in [0.717, 1.165) is 37.5 Å². The van der Waals surface area contributed by atoms with E-state index < -0.39 is 5.60 Å². The Hall–Kier alpha value is -1.30. The van der Waals surface area contributed by atoms with Gasteiger partial charge in [-0.2, -0.15) is 0 Å². The number of nitrogens with zero attached hydrogens (tertiary/aromatic N) is 4. The van der Waals surface area contributed by atoms with Crippen LogP contribution in [-0.2, 0) is 11.3 Å². The van der Waals surface area contributed by atoms with Gasteiger partial charge in [0.2, 0.25) is 0 Å². The normalized spacial score (nSPS) is 49.2. The van der Waals surface area contributed by atoms with Gasteiger partial charge in [-0.05, 0) is 110 Å². The van der Waals surface area contributed by atoms with Gasteiger partial charge >= 0.3 is 0 Å². The average Bonchev–Trinajstić information content (AvgIpc) is 3.29. The number of aromatic nitrogens is 4. The second-order valence-corrected chi connectivity index (χ2v) is 11.5. The lowest BCUT2D eigenvalue weighted by Gasteiger charge is -2.61. The van der Waals surface area contributed by atoms with Crippen molar-refractivity contribution >= 4 is 5.78 Å². The van der Waals surface area contributed by atoms with Gasteiger partial charge in [0.05, 0.1) is 5.60 Å². The maximum absolute atomic E-state index is 13.2. The predicted octanol–water partition coefficient (Wildman–Crippen LogP) is 3.65. The van der Waals surface area contributed by atoms with Crippen LogP contribution in [0.15, 0.2) is 6.33 Å². The Bertz CT molecular complexity index is 778. The molecule has 0 saturated heterocycles. The summed E-state index contributed by atoms with van der Waals surface area (Å²) in [6, 6.07) is 0. The maximum atomic E-state index is 13.2. The number of hydrogen-bond donors (Lipinski definition) is 1. The number of tetrazole rings is 1. The van der Waals surface area contributed by atoms with E-state index in [1.54, 1.807) is 11.0 Å². The summed E-state index contributed by atoms with van der Waals surface area (Å²) in [5, 5.41) is 21.9. The van der Waals surface area contributed by atoms with E-state index in [2.05, 4.69) is 29.4 Å². The van der Waals surface area contributed by atoms with Crippen LogP contribution in [0.4, 0.5) is 0 Å². The summed E-state index contributed by atoms with van der Waals surface area (Å²) in [4.78, 5) is 13.2. The summed E-state index contributed by atoms with van der Waals surface area (Å²) in [5.74, 6) is 3.32. The smallest absolute Gasteiger partial charge is 0.158 e. The second kappa shape index (κ2) is 6.60. The second-order valence-electron chi connectivity index (χ2n) is 11.5. The minimum absolute atomic E-state index is 0.135. The van der Waals surface area contributed by atoms with Crippen LogP contribution in [-0.4, -0.2) is 36.7 Å². The van der Waals surface area contributed by atoms with Crippen molar-refractivity contribution in [3.63, 3.8) is 0 Å². The van der Waals surface area contributed by atoms with E-state index in [4.69, 9.17) is 0 Å². The van der Waals surface area contributed by atoms with Crippen LogP contribution in [0.3, 0.4) is 0 Å². The Morgan fingerprint density at radius 1 is 1.03 bits per heavy atom. The first kappa shape index (κ1) is 19.7. The molecular weight excluding hydrogens is 364 g/mol. The third-order valence-electron chi connectivity index (χ3n) is 10.1. The molecule has 4 saturated carbocycles. The number of hydrogen-bond acceptors (Lipinski definition) is 5. The Morgan fingerprint density at radius 2 is 1.83 bits per heavy atom. The molecule has 4 fully saturated rings. The van der Waals surface area contributed by atoms with E-state index in [0.29, 0.717) is 29.6 Å². The number of rotatable bonds is 3. The first-order valence-electron chi connectivity index (χ1n) is 11.7. The van der Waals surface area contributed by atoms with Crippen molar-refractivity contribution in [1.29, 1.82) is 0 Å². The zero-order valence-corrected chi connectivity index (χ0v) is 18.2. The molecule has 4 aliphatic carbocycles. The molecule has 0 spiro atoms. The highest BCUT2D eigenvalue weighted by Gasteiger charge is 2.61. The van der Waals surface area contributed by atoms with E-state index in [1.165, 1.54) is 32.1 Å². The number of ketones is 1. The highest BCUT2D eigenvalue weighted by atomic mass is 16.3. The van der Waals surface area contributed by atoms with E-state index >= 15 is 0 Å². The largest absolute Gasteiger partial charge is 0.390 e. The third kappa shape index (κ3) is 3.00. The van der Waals surface area contributed by atoms with Gasteiger partial charge in [0.15, 0.2) is 5.78 Å². The van der Waals surface area contributed by atoms with E-state index in [9.17, 15) is 9.90 Å². The van der Waals surface area contributed by atoms with Gasteiger partial charge in [-0.15, -0.1) is 5.10 Å². The highest BCUT2D eigenvalue weighted by molar-refractivity contribution is 5.82. The van der Waals surface area contributed by atoms with Gasteiger partial charge in [0, 0.05) is 5.92 Å². The molecule has 1 aromatic rings. The summed E-state index contributed by atoms with van der Waals surface area (Å²) in [6.07, 6.45) is 11.8. The minimum atomic E-state index is -0.471. The van der Waals surface area contributed by atoms with Crippen LogP contribution in [0.5, 0.6) is 0 Å². The van der Waals surface area contributed by atoms with Gasteiger partial charge in [-0.25, -0.2) is 4.68 Å². The molecular formula is C23H36N4O2. The lowest BCUT2D eigenvalue weighted by Crippen LogP contribution is -2.55. The Morgan fingerprint density at radius 3 is 2.59 bits per heavy atom. The molecule has 1 aromatic heterocycles. The zero-order chi connectivity index (χ0) is 20.4. The first-order chi connectivity index (χ1) is 13.7. The molecule has 4 aliphatic rings. The molecule has 0 amide bonds. The number of aliphatic hydroxyl groups is 1. The van der Waals surface area contributed by atoms with Crippen LogP contribution < -0.4 is 0 Å². The number of fused-ring (bicyclic) bond motifs is 5. The summed E-state index contributed by atoms with van der Waals surface area (Å²) in [7, 11) is 0. The van der Waals surface area contributed by atoms with Crippen molar-refractivity contribution in [3.05, 3.63) is 6.33 Å². The fourth-order valence-corrected chi connectivity index (χ4v) is 8.48. The summed E-state index contributed by atoms with van der Waals surface area (Å²) >= 11 is 0. The van der Waals surface area contributed by atoms with Crippen LogP contribution in [0.25, 0.3) is 0 Å². The Labute approximate surface area is 173 Å². The molecule has 6 nitrogen and oxygen atoms in total. The van der Waals surface area contributed by atoms with Gasteiger partial charge in [-0.3, -0.25) is 4.79 Å². The standard InChI is InChI=1S/C23H36N4O2/c1-21(29)10-11-22(2)15(12-21)4-5-16-17-6-7-19(23(17,3)9-8-18(16)22)20(28)13-27-14-24-25-26-27/h14-19,29H,4-13H2,1-3H3/t15-,16+,17+,18+,19-,21-,22+,23+/m1/s1. The highest BCUT2D eigenvalue weighted by Crippen LogP contribution is 2.68. The molecule has 0 aromatic carbocycles. The van der Waals surface area contributed by atoms with Gasteiger partial charge in [-0.1, -0.05) is 13.8 Å². The summed E-state index contributed by atoms with van der Waals surface area (Å²) in [5.41, 5.74) is 0.0396. The van der Waals surface area contributed by atoms with Crippen molar-refractivity contribution in [2.24, 2.45) is 40.4 Å². The summed E-state index contributed by atoms with van der Waals surface area (Å²) < 4.78 is 1.57. The first-order valence-corrected chi connectivity index (χ1v) is 11.7. The monoisotopic (exact) mass is 400 g/mol. The molecule has 1 N–H and O–H groups in total. The average molecular weight is 401 g/mol. The third-order valence-corrected chi connectivity index (χ3v) is 10.1. The van der Waals surface area contributed by atoms with Gasteiger partial charge < -0.3 is 5.11 Å². The molecule has 0 radical (unpaired) electrons. The number of Topliss-reactive ketones (excluding diaryl/α,β-unsaturated/α-hetero) is 1. The van der Waals surface area contributed by atoms with Crippen LogP contribution in [0, 0.1) is 40.4 Å². The molecule has 0 unspecified atom stereocenters. The fourth-order valence-electron chi connectivity index (χ4n) is 8.48. The van der Waals surface area contributed by atoms with Crippen LogP contribution >= 0.6 is 0 Å². The van der Waals surface area contributed by atoms with Crippen LogP contribution in [0.1, 0.15) is 78.6 Å². The molecule has 6 heteroatoms. The fraction of sp³-hybridized carbons (Fsp3) is 0.913. The topological polar surface area (TPSA) is 80.9 Å². The van der Waals surface area contributed by atoms with E-state index in [-0.39, 0.29) is 11.3 Å². The Kier molecular flexibility index (Phi) is 4.47. The number of carbonyl (C=O) groups excluding carboxylic acids is 1. The van der Waals surface area contributed by atoms with Crippen molar-refractivity contribution < 1.29 is 9.90 Å². The van der Waals surface area contributed by atoms with Crippen LogP contribution in [0.2, 0.25) is 0 Å². The van der Waals surface area contributed by atoms with Gasteiger partial charge in [0.25, 0.3) is 0 Å². The lowest BCUT2D eigenvalue weighted by atomic mass is 9.44. The molecule has 0 aliphatic heterocycles. The molecule has 160 valence electrons. The van der Waals surface area contributed by atoms with Crippen molar-refractivity contribution in [1.82, 2.24) is 20.2 Å². The lowest BCUT2D eigenvalue weighted by molar-refractivity contribution is -0.151. The van der Waals surface area contributed by atoms with Gasteiger partial charge in [0.1, 0.15) is 12.9 Å². The quantitative estimate of drug-likeness (QED) is 0.837. The molecule has 29 heavy (non-hydrogen) atoms. The van der Waals surface area contributed by atoms with E-state index in [1.807, 2.05) is 6.92 Å². The minimum Gasteiger partial charge on any atom is -0.390 e. The molecule has 0 bridgehead atoms. The number of carbonyl (C=O) groups is 1. The summed E-state index contributed by atoms with van der Waals surface area (Å²) in [6.45, 7) is 7.28. The predicted molar refractivity (Wildman–Crippen MR) is 109 cm³/mol. The molecule has 8 atom stereocenters. The Balaban J connectivity index is 1.36. The molecule has 5 rings (SSSR count). The van der Waals surface area contributed by atoms with Crippen molar-refractivity contribution in [3.8, 4) is 0 Å². The maximum Gasteiger partial charge on any atom is 0.158 e. The van der Waals surface area contributed by atoms with Crippen molar-refractivity contribution in [2.75, 3.05) is 0 Å².